The van der Waals surface area contributed by atoms with Gasteiger partial charge in [-0.25, -0.2) is 4.39 Å². The Morgan fingerprint density at radius 1 is 1.00 bits per heavy atom. The molecule has 2 rings (SSSR count). The summed E-state index contributed by atoms with van der Waals surface area (Å²) in [6.07, 6.45) is 0. The standard InChI is InChI=1S/C22H31FNOP/c1-14-10-17(21(2,3)4)20(25)19(11-14)26-18-9-8-16(23)12-15(18)13-24-22(5,6)7/h8-12,24-26H,13H2,1-7H3. The van der Waals surface area contributed by atoms with Crippen molar-refractivity contribution in [3.63, 3.8) is 0 Å². The first kappa shape index (κ1) is 20.9. The molecular weight excluding hydrogens is 344 g/mol. The third kappa shape index (κ3) is 5.53. The van der Waals surface area contributed by atoms with Gasteiger partial charge in [0.1, 0.15) is 11.6 Å². The zero-order valence-electron chi connectivity index (χ0n) is 16.9. The van der Waals surface area contributed by atoms with E-state index in [0.29, 0.717) is 12.3 Å². The number of aryl methyl sites for hydroxylation is 1. The highest BCUT2D eigenvalue weighted by atomic mass is 31.1. The molecule has 0 aliphatic carbocycles. The fourth-order valence-electron chi connectivity index (χ4n) is 2.78. The molecule has 2 N–H and O–H groups in total. The average molecular weight is 375 g/mol. The van der Waals surface area contributed by atoms with E-state index in [1.807, 2.05) is 12.1 Å². The van der Waals surface area contributed by atoms with Crippen molar-refractivity contribution in [3.05, 3.63) is 52.8 Å². The quantitative estimate of drug-likeness (QED) is 0.762. The lowest BCUT2D eigenvalue weighted by atomic mass is 9.85. The van der Waals surface area contributed by atoms with Crippen molar-refractivity contribution in [2.75, 3.05) is 0 Å². The molecule has 0 heterocycles. The van der Waals surface area contributed by atoms with Crippen LogP contribution in [0.2, 0.25) is 0 Å². The van der Waals surface area contributed by atoms with E-state index in [4.69, 9.17) is 0 Å². The molecule has 0 saturated heterocycles. The summed E-state index contributed by atoms with van der Waals surface area (Å²) in [5.74, 6) is 0.133. The summed E-state index contributed by atoms with van der Waals surface area (Å²) >= 11 is 0. The lowest BCUT2D eigenvalue weighted by Gasteiger charge is -2.24. The fourth-order valence-corrected chi connectivity index (χ4v) is 4.11. The van der Waals surface area contributed by atoms with Crippen molar-refractivity contribution >= 4 is 19.2 Å². The van der Waals surface area contributed by atoms with E-state index in [-0.39, 0.29) is 25.4 Å². The van der Waals surface area contributed by atoms with E-state index in [0.717, 1.165) is 27.3 Å². The molecule has 0 radical (unpaired) electrons. The van der Waals surface area contributed by atoms with Crippen molar-refractivity contribution in [1.29, 1.82) is 0 Å². The van der Waals surface area contributed by atoms with Gasteiger partial charge >= 0.3 is 0 Å². The van der Waals surface area contributed by atoms with Crippen LogP contribution in [0, 0.1) is 12.7 Å². The maximum absolute atomic E-state index is 13.8. The summed E-state index contributed by atoms with van der Waals surface area (Å²) in [6.45, 7) is 15.2. The van der Waals surface area contributed by atoms with Crippen molar-refractivity contribution in [3.8, 4) is 5.75 Å². The van der Waals surface area contributed by atoms with Crippen LogP contribution in [-0.4, -0.2) is 10.6 Å². The van der Waals surface area contributed by atoms with E-state index >= 15 is 0 Å². The summed E-state index contributed by atoms with van der Waals surface area (Å²) in [7, 11) is 0.279. The molecule has 2 aromatic carbocycles. The molecule has 0 amide bonds. The van der Waals surface area contributed by atoms with Crippen LogP contribution < -0.4 is 15.9 Å². The van der Waals surface area contributed by atoms with Crippen LogP contribution in [0.25, 0.3) is 0 Å². The molecule has 26 heavy (non-hydrogen) atoms. The number of rotatable bonds is 4. The van der Waals surface area contributed by atoms with E-state index in [2.05, 4.69) is 59.8 Å². The van der Waals surface area contributed by atoms with Gasteiger partial charge in [-0.2, -0.15) is 0 Å². The van der Waals surface area contributed by atoms with E-state index < -0.39 is 0 Å². The van der Waals surface area contributed by atoms with Crippen LogP contribution in [-0.2, 0) is 12.0 Å². The SMILES string of the molecule is Cc1cc(Pc2ccc(F)cc2CNC(C)(C)C)c(O)c(C(C)(C)C)c1. The molecule has 0 saturated carbocycles. The Kier molecular flexibility index (Phi) is 6.15. The van der Waals surface area contributed by atoms with E-state index in [1.54, 1.807) is 6.07 Å². The molecule has 0 spiro atoms. The lowest BCUT2D eigenvalue weighted by Crippen LogP contribution is -2.36. The number of benzene rings is 2. The Morgan fingerprint density at radius 2 is 1.65 bits per heavy atom. The van der Waals surface area contributed by atoms with Gasteiger partial charge in [0, 0.05) is 23.0 Å². The van der Waals surface area contributed by atoms with Gasteiger partial charge in [0.2, 0.25) is 0 Å². The summed E-state index contributed by atoms with van der Waals surface area (Å²) in [6, 6.07) is 9.02. The smallest absolute Gasteiger partial charge is 0.127 e. The Hall–Kier alpha value is -1.44. The molecule has 1 unspecified atom stereocenters. The van der Waals surface area contributed by atoms with Crippen LogP contribution >= 0.6 is 8.58 Å². The summed E-state index contributed by atoms with van der Waals surface area (Å²) < 4.78 is 13.8. The molecule has 0 bridgehead atoms. The van der Waals surface area contributed by atoms with Crippen LogP contribution in [0.4, 0.5) is 4.39 Å². The molecule has 0 aliphatic heterocycles. The van der Waals surface area contributed by atoms with E-state index in [9.17, 15) is 9.50 Å². The minimum Gasteiger partial charge on any atom is -0.507 e. The number of nitrogens with one attached hydrogen (secondary N) is 1. The molecule has 1 atom stereocenters. The van der Waals surface area contributed by atoms with Gasteiger partial charge in [0.05, 0.1) is 0 Å². The molecule has 142 valence electrons. The van der Waals surface area contributed by atoms with E-state index in [1.165, 1.54) is 6.07 Å². The van der Waals surface area contributed by atoms with Gasteiger partial charge in [0.15, 0.2) is 0 Å². The Bertz CT molecular complexity index is 788. The van der Waals surface area contributed by atoms with Gasteiger partial charge in [-0.15, -0.1) is 0 Å². The Balaban J connectivity index is 2.41. The Labute approximate surface area is 159 Å². The summed E-state index contributed by atoms with van der Waals surface area (Å²) in [5, 5.41) is 16.2. The minimum atomic E-state index is -0.229. The number of hydrogen-bond donors (Lipinski definition) is 2. The third-order valence-corrected chi connectivity index (χ3v) is 5.62. The molecule has 4 heteroatoms. The fraction of sp³-hybridized carbons (Fsp3) is 0.455. The number of phenols is 1. The van der Waals surface area contributed by atoms with Crippen molar-refractivity contribution < 1.29 is 9.50 Å². The topological polar surface area (TPSA) is 32.3 Å². The number of hydrogen-bond acceptors (Lipinski definition) is 2. The van der Waals surface area contributed by atoms with Crippen LogP contribution in [0.1, 0.15) is 58.2 Å². The number of aromatic hydroxyl groups is 1. The van der Waals surface area contributed by atoms with Crippen LogP contribution in [0.3, 0.4) is 0 Å². The van der Waals surface area contributed by atoms with Gasteiger partial charge in [0.25, 0.3) is 0 Å². The normalized spacial score (nSPS) is 12.9. The molecular formula is C22H31FNOP. The van der Waals surface area contributed by atoms with Crippen LogP contribution in [0.15, 0.2) is 30.3 Å². The third-order valence-electron chi connectivity index (χ3n) is 4.21. The second-order valence-electron chi connectivity index (χ2n) is 8.99. The molecule has 2 nitrogen and oxygen atoms in total. The average Bonchev–Trinajstić information content (AvgIpc) is 2.48. The monoisotopic (exact) mass is 375 g/mol. The predicted octanol–water partition coefficient (Wildman–Crippen LogP) is 4.65. The van der Waals surface area contributed by atoms with Crippen LogP contribution in [0.5, 0.6) is 5.75 Å². The van der Waals surface area contributed by atoms with Crippen molar-refractivity contribution in [2.24, 2.45) is 0 Å². The van der Waals surface area contributed by atoms with Gasteiger partial charge < -0.3 is 10.4 Å². The zero-order valence-corrected chi connectivity index (χ0v) is 17.9. The highest BCUT2D eigenvalue weighted by molar-refractivity contribution is 7.55. The summed E-state index contributed by atoms with van der Waals surface area (Å²) in [4.78, 5) is 0. The van der Waals surface area contributed by atoms with Gasteiger partial charge in [-0.1, -0.05) is 41.5 Å². The molecule has 0 aromatic heterocycles. The van der Waals surface area contributed by atoms with Crippen molar-refractivity contribution in [2.45, 2.75) is 66.0 Å². The number of halogens is 1. The first-order chi connectivity index (χ1) is 11.9. The first-order valence-corrected chi connectivity index (χ1v) is 10.0. The predicted molar refractivity (Wildman–Crippen MR) is 112 cm³/mol. The Morgan fingerprint density at radius 3 is 2.23 bits per heavy atom. The maximum atomic E-state index is 13.8. The highest BCUT2D eigenvalue weighted by Gasteiger charge is 2.21. The molecule has 0 aliphatic rings. The highest BCUT2D eigenvalue weighted by Crippen LogP contribution is 2.33. The van der Waals surface area contributed by atoms with Gasteiger partial charge in [-0.3, -0.25) is 0 Å². The molecule has 0 fully saturated rings. The zero-order chi connectivity index (χ0) is 19.7. The maximum Gasteiger partial charge on any atom is 0.127 e. The van der Waals surface area contributed by atoms with Gasteiger partial charge in [-0.05, 0) is 67.7 Å². The second-order valence-corrected chi connectivity index (χ2v) is 10.3. The largest absolute Gasteiger partial charge is 0.507 e. The lowest BCUT2D eigenvalue weighted by molar-refractivity contribution is 0.424. The first-order valence-electron chi connectivity index (χ1n) is 9.01. The van der Waals surface area contributed by atoms with Crippen molar-refractivity contribution in [1.82, 2.24) is 5.32 Å². The molecule has 2 aromatic rings. The number of phenolic OH excluding ortho intramolecular Hbond substituents is 1. The summed E-state index contributed by atoms with van der Waals surface area (Å²) in [5.41, 5.74) is 2.85. The minimum absolute atomic E-state index is 0.0441. The second kappa shape index (κ2) is 7.66.